The maximum atomic E-state index is 12.7. The van der Waals surface area contributed by atoms with Gasteiger partial charge in [0.2, 0.25) is 0 Å². The Labute approximate surface area is 173 Å². The van der Waals surface area contributed by atoms with Crippen LogP contribution in [0.3, 0.4) is 0 Å². The number of rotatable bonds is 4. The van der Waals surface area contributed by atoms with E-state index in [1.54, 1.807) is 6.20 Å². The van der Waals surface area contributed by atoms with Gasteiger partial charge < -0.3 is 20.0 Å². The Morgan fingerprint density at radius 2 is 1.72 bits per heavy atom. The molecule has 1 N–H and O–H groups in total. The van der Waals surface area contributed by atoms with Crippen LogP contribution in [0, 0.1) is 5.92 Å². The van der Waals surface area contributed by atoms with Gasteiger partial charge in [0.15, 0.2) is 0 Å². The number of hydrogen-bond donors (Lipinski definition) is 1. The molecule has 1 unspecified atom stereocenters. The highest BCUT2D eigenvalue weighted by Crippen LogP contribution is 2.22. The van der Waals surface area contributed by atoms with Gasteiger partial charge in [0.1, 0.15) is 5.69 Å². The fourth-order valence-corrected chi connectivity index (χ4v) is 4.12. The zero-order chi connectivity index (χ0) is 20.2. The number of carbonyl (C=O) groups excluding carboxylic acids is 1. The van der Waals surface area contributed by atoms with Gasteiger partial charge in [-0.2, -0.15) is 0 Å². The molecule has 6 nitrogen and oxygen atoms in total. The van der Waals surface area contributed by atoms with E-state index in [-0.39, 0.29) is 5.91 Å². The number of piperazine rings is 1. The predicted molar refractivity (Wildman–Crippen MR) is 118 cm³/mol. The first-order valence-electron chi connectivity index (χ1n) is 10.6. The van der Waals surface area contributed by atoms with Gasteiger partial charge in [0.25, 0.3) is 5.91 Å². The smallest absolute Gasteiger partial charge is 0.272 e. The van der Waals surface area contributed by atoms with Crippen LogP contribution in [-0.4, -0.2) is 67.0 Å². The number of pyridine rings is 1. The van der Waals surface area contributed by atoms with E-state index in [9.17, 15) is 4.79 Å². The average Bonchev–Trinajstić information content (AvgIpc) is 2.75. The van der Waals surface area contributed by atoms with E-state index in [1.165, 1.54) is 12.1 Å². The number of piperidine rings is 1. The molecule has 3 heterocycles. The van der Waals surface area contributed by atoms with Crippen molar-refractivity contribution in [1.29, 1.82) is 0 Å². The number of nitrogens with zero attached hydrogens (tertiary/aromatic N) is 4. The highest BCUT2D eigenvalue weighted by Gasteiger charge is 2.22. The van der Waals surface area contributed by atoms with Crippen LogP contribution in [0.15, 0.2) is 42.6 Å². The number of amides is 1. The summed E-state index contributed by atoms with van der Waals surface area (Å²) in [5, 5.41) is 3.38. The Kier molecular flexibility index (Phi) is 6.00. The fourth-order valence-electron chi connectivity index (χ4n) is 4.12. The number of hydrogen-bond acceptors (Lipinski definition) is 5. The summed E-state index contributed by atoms with van der Waals surface area (Å²) in [5.41, 5.74) is 3.70. The lowest BCUT2D eigenvalue weighted by atomic mass is 10.00. The minimum atomic E-state index is 0.0413. The topological polar surface area (TPSA) is 51.7 Å². The quantitative estimate of drug-likeness (QED) is 0.862. The van der Waals surface area contributed by atoms with Gasteiger partial charge in [-0.25, -0.2) is 4.98 Å². The van der Waals surface area contributed by atoms with Crippen LogP contribution in [0.25, 0.3) is 0 Å². The van der Waals surface area contributed by atoms with Crippen molar-refractivity contribution in [1.82, 2.24) is 14.8 Å². The zero-order valence-electron chi connectivity index (χ0n) is 17.5. The predicted octanol–water partition coefficient (Wildman–Crippen LogP) is 3.45. The third-order valence-corrected chi connectivity index (χ3v) is 5.95. The van der Waals surface area contributed by atoms with Gasteiger partial charge in [-0.3, -0.25) is 4.79 Å². The van der Waals surface area contributed by atoms with E-state index >= 15 is 0 Å². The Balaban J connectivity index is 1.35. The first-order chi connectivity index (χ1) is 14.1. The molecule has 1 atom stereocenters. The molecule has 29 heavy (non-hydrogen) atoms. The standard InChI is InChI=1S/C23H31N5O/c1-18-4-3-11-28(17-18)23(29)22-10-7-20(16-24-22)25-19-5-8-21(9-6-19)27-14-12-26(2)13-15-27/h5-10,16,18,25H,3-4,11-15,17H2,1-2H3. The van der Waals surface area contributed by atoms with E-state index in [4.69, 9.17) is 0 Å². The second kappa shape index (κ2) is 8.82. The molecule has 0 bridgehead atoms. The molecule has 4 rings (SSSR count). The maximum absolute atomic E-state index is 12.7. The first-order valence-corrected chi connectivity index (χ1v) is 10.6. The summed E-state index contributed by atoms with van der Waals surface area (Å²) in [6.45, 7) is 8.22. The summed E-state index contributed by atoms with van der Waals surface area (Å²) in [4.78, 5) is 23.8. The van der Waals surface area contributed by atoms with Crippen molar-refractivity contribution in [2.75, 3.05) is 56.5 Å². The largest absolute Gasteiger partial charge is 0.369 e. The molecule has 0 spiro atoms. The van der Waals surface area contributed by atoms with Gasteiger partial charge in [0.05, 0.1) is 11.9 Å². The Morgan fingerprint density at radius 1 is 1.00 bits per heavy atom. The third kappa shape index (κ3) is 4.88. The van der Waals surface area contributed by atoms with Crippen LogP contribution in [0.2, 0.25) is 0 Å². The second-order valence-corrected chi connectivity index (χ2v) is 8.39. The molecule has 2 aliphatic rings. The molecule has 0 saturated carbocycles. The van der Waals surface area contributed by atoms with Crippen molar-refractivity contribution in [3.63, 3.8) is 0 Å². The molecular formula is C23H31N5O. The summed E-state index contributed by atoms with van der Waals surface area (Å²) in [6, 6.07) is 12.3. The summed E-state index contributed by atoms with van der Waals surface area (Å²) < 4.78 is 0. The molecule has 2 fully saturated rings. The van der Waals surface area contributed by atoms with E-state index < -0.39 is 0 Å². The number of carbonyl (C=O) groups is 1. The molecular weight excluding hydrogens is 362 g/mol. The van der Waals surface area contributed by atoms with Crippen molar-refractivity contribution in [2.24, 2.45) is 5.92 Å². The zero-order valence-corrected chi connectivity index (χ0v) is 17.5. The van der Waals surface area contributed by atoms with E-state index in [1.807, 2.05) is 17.0 Å². The van der Waals surface area contributed by atoms with Crippen molar-refractivity contribution in [2.45, 2.75) is 19.8 Å². The van der Waals surface area contributed by atoms with Gasteiger partial charge in [0, 0.05) is 50.6 Å². The van der Waals surface area contributed by atoms with Gasteiger partial charge >= 0.3 is 0 Å². The normalized spacial score (nSPS) is 20.6. The Bertz CT molecular complexity index is 812. The van der Waals surface area contributed by atoms with Gasteiger partial charge in [-0.15, -0.1) is 0 Å². The number of anilines is 3. The van der Waals surface area contributed by atoms with Crippen molar-refractivity contribution >= 4 is 23.0 Å². The van der Waals surface area contributed by atoms with Crippen LogP contribution in [0.5, 0.6) is 0 Å². The maximum Gasteiger partial charge on any atom is 0.272 e. The number of likely N-dealkylation sites (N-methyl/N-ethyl adjacent to an activating group) is 1. The summed E-state index contributed by atoms with van der Waals surface area (Å²) in [5.74, 6) is 0.613. The lowest BCUT2D eigenvalue weighted by molar-refractivity contribution is 0.0677. The lowest BCUT2D eigenvalue weighted by Crippen LogP contribution is -2.44. The molecule has 6 heteroatoms. The molecule has 0 radical (unpaired) electrons. The molecule has 2 aromatic rings. The molecule has 2 aliphatic heterocycles. The molecule has 0 aliphatic carbocycles. The van der Waals surface area contributed by atoms with Crippen molar-refractivity contribution < 1.29 is 4.79 Å². The number of nitrogens with one attached hydrogen (secondary N) is 1. The molecule has 2 saturated heterocycles. The monoisotopic (exact) mass is 393 g/mol. The Hall–Kier alpha value is -2.60. The van der Waals surface area contributed by atoms with Crippen LogP contribution < -0.4 is 10.2 Å². The van der Waals surface area contributed by atoms with Gasteiger partial charge in [-0.05, 0) is 62.2 Å². The second-order valence-electron chi connectivity index (χ2n) is 8.39. The Morgan fingerprint density at radius 3 is 2.38 bits per heavy atom. The summed E-state index contributed by atoms with van der Waals surface area (Å²) in [7, 11) is 2.17. The summed E-state index contributed by atoms with van der Waals surface area (Å²) in [6.07, 6.45) is 4.03. The van der Waals surface area contributed by atoms with Crippen LogP contribution >= 0.6 is 0 Å². The highest BCUT2D eigenvalue weighted by atomic mass is 16.2. The lowest BCUT2D eigenvalue weighted by Gasteiger charge is -2.34. The molecule has 154 valence electrons. The van der Waals surface area contributed by atoms with Crippen molar-refractivity contribution in [3.8, 4) is 0 Å². The number of benzene rings is 1. The summed E-state index contributed by atoms with van der Waals surface area (Å²) >= 11 is 0. The van der Waals surface area contributed by atoms with Gasteiger partial charge in [-0.1, -0.05) is 6.92 Å². The van der Waals surface area contributed by atoms with E-state index in [2.05, 4.69) is 58.3 Å². The average molecular weight is 394 g/mol. The fraction of sp³-hybridized carbons (Fsp3) is 0.478. The van der Waals surface area contributed by atoms with E-state index in [0.717, 1.165) is 57.1 Å². The first kappa shape index (κ1) is 19.7. The molecule has 1 aromatic heterocycles. The van der Waals surface area contributed by atoms with Crippen LogP contribution in [0.1, 0.15) is 30.3 Å². The minimum absolute atomic E-state index is 0.0413. The minimum Gasteiger partial charge on any atom is -0.369 e. The number of aromatic nitrogens is 1. The van der Waals surface area contributed by atoms with E-state index in [0.29, 0.717) is 11.6 Å². The SMILES string of the molecule is CC1CCCN(C(=O)c2ccc(Nc3ccc(N4CCN(C)CC4)cc3)cn2)C1. The molecule has 1 aromatic carbocycles. The number of likely N-dealkylation sites (tertiary alicyclic amines) is 1. The van der Waals surface area contributed by atoms with Crippen LogP contribution in [0.4, 0.5) is 17.1 Å². The highest BCUT2D eigenvalue weighted by molar-refractivity contribution is 5.92. The molecule has 1 amide bonds. The van der Waals surface area contributed by atoms with Crippen molar-refractivity contribution in [3.05, 3.63) is 48.3 Å². The third-order valence-electron chi connectivity index (χ3n) is 5.95. The van der Waals surface area contributed by atoms with Crippen LogP contribution in [-0.2, 0) is 0 Å².